The van der Waals surface area contributed by atoms with E-state index in [1.807, 2.05) is 0 Å². The maximum atomic E-state index is 13.4. The number of aliphatic hydroxyl groups is 1. The number of hydrogen-bond acceptors (Lipinski definition) is 4. The van der Waals surface area contributed by atoms with Crippen molar-refractivity contribution in [1.82, 2.24) is 20.0 Å². The third-order valence-corrected chi connectivity index (χ3v) is 6.49. The van der Waals surface area contributed by atoms with Crippen LogP contribution in [-0.2, 0) is 19.1 Å². The Morgan fingerprint density at radius 2 is 1.79 bits per heavy atom. The fourth-order valence-electron chi connectivity index (χ4n) is 4.74. The van der Waals surface area contributed by atoms with Gasteiger partial charge >= 0.3 is 12.4 Å². The van der Waals surface area contributed by atoms with Crippen molar-refractivity contribution in [2.45, 2.75) is 56.7 Å². The molecule has 0 bridgehead atoms. The van der Waals surface area contributed by atoms with E-state index < -0.39 is 36.5 Å². The third kappa shape index (κ3) is 5.22. The summed E-state index contributed by atoms with van der Waals surface area (Å²) in [5, 5.41) is 16.8. The zero-order valence-corrected chi connectivity index (χ0v) is 18.1. The van der Waals surface area contributed by atoms with Crippen LogP contribution < -0.4 is 0 Å². The van der Waals surface area contributed by atoms with Crippen molar-refractivity contribution in [1.29, 1.82) is 0 Å². The van der Waals surface area contributed by atoms with Crippen LogP contribution in [-0.4, -0.2) is 63.0 Å². The van der Waals surface area contributed by atoms with E-state index in [4.69, 9.17) is 0 Å². The van der Waals surface area contributed by atoms with Gasteiger partial charge < -0.3 is 10.0 Å². The summed E-state index contributed by atoms with van der Waals surface area (Å²) in [4.78, 5) is 15.9. The van der Waals surface area contributed by atoms with Crippen molar-refractivity contribution in [3.8, 4) is 0 Å². The lowest BCUT2D eigenvalue weighted by Gasteiger charge is -2.34. The molecule has 0 aliphatic carbocycles. The van der Waals surface area contributed by atoms with E-state index in [1.165, 1.54) is 21.9 Å². The molecule has 0 saturated carbocycles. The molecule has 0 radical (unpaired) electrons. The Hall–Kier alpha value is -2.60. The summed E-state index contributed by atoms with van der Waals surface area (Å²) >= 11 is 0. The maximum absolute atomic E-state index is 13.4. The molecule has 1 amide bonds. The highest BCUT2D eigenvalue weighted by Gasteiger charge is 2.38. The first-order chi connectivity index (χ1) is 15.9. The highest BCUT2D eigenvalue weighted by Crippen LogP contribution is 2.39. The van der Waals surface area contributed by atoms with Gasteiger partial charge in [0.2, 0.25) is 0 Å². The SMILES string of the molecule is O=C(c1n[nH]c2c1CN(C(O)CC(F)(F)F)CC2)N1CCC(c2ccccc2C(F)(F)F)CC1. The van der Waals surface area contributed by atoms with Gasteiger partial charge in [0.1, 0.15) is 6.23 Å². The molecule has 6 nitrogen and oxygen atoms in total. The highest BCUT2D eigenvalue weighted by molar-refractivity contribution is 5.94. The zero-order chi connectivity index (χ0) is 24.7. The number of carbonyl (C=O) groups is 1. The summed E-state index contributed by atoms with van der Waals surface area (Å²) in [6.07, 6.45) is -11.1. The Kier molecular flexibility index (Phi) is 6.65. The van der Waals surface area contributed by atoms with E-state index >= 15 is 0 Å². The predicted molar refractivity (Wildman–Crippen MR) is 109 cm³/mol. The van der Waals surface area contributed by atoms with Crippen molar-refractivity contribution in [2.75, 3.05) is 19.6 Å². The van der Waals surface area contributed by atoms with Crippen LogP contribution in [0.15, 0.2) is 24.3 Å². The number of carbonyl (C=O) groups excluding carboxylic acids is 1. The van der Waals surface area contributed by atoms with Crippen LogP contribution in [0.3, 0.4) is 0 Å². The number of aromatic nitrogens is 2. The van der Waals surface area contributed by atoms with Crippen molar-refractivity contribution in [3.63, 3.8) is 0 Å². The van der Waals surface area contributed by atoms with E-state index in [2.05, 4.69) is 10.2 Å². The zero-order valence-electron chi connectivity index (χ0n) is 18.1. The summed E-state index contributed by atoms with van der Waals surface area (Å²) < 4.78 is 78.1. The smallest absolute Gasteiger partial charge is 0.378 e. The van der Waals surface area contributed by atoms with Gasteiger partial charge in [-0.3, -0.25) is 14.8 Å². The molecule has 3 heterocycles. The molecule has 34 heavy (non-hydrogen) atoms. The van der Waals surface area contributed by atoms with Crippen LogP contribution in [0.1, 0.15) is 58.1 Å². The molecule has 2 aromatic rings. The topological polar surface area (TPSA) is 72.5 Å². The second kappa shape index (κ2) is 9.21. The van der Waals surface area contributed by atoms with E-state index in [-0.39, 0.29) is 43.4 Å². The quantitative estimate of drug-likeness (QED) is 0.634. The Morgan fingerprint density at radius 3 is 2.44 bits per heavy atom. The van der Waals surface area contributed by atoms with Crippen LogP contribution >= 0.6 is 0 Å². The van der Waals surface area contributed by atoms with Gasteiger partial charge in [-0.25, -0.2) is 0 Å². The molecule has 2 aliphatic rings. The van der Waals surface area contributed by atoms with Gasteiger partial charge in [0.05, 0.1) is 12.0 Å². The molecule has 0 spiro atoms. The van der Waals surface area contributed by atoms with Gasteiger partial charge in [-0.2, -0.15) is 31.4 Å². The number of piperidine rings is 1. The maximum Gasteiger partial charge on any atom is 0.416 e. The molecule has 12 heteroatoms. The number of nitrogens with one attached hydrogen (secondary N) is 1. The van der Waals surface area contributed by atoms with Crippen molar-refractivity contribution < 1.29 is 36.2 Å². The van der Waals surface area contributed by atoms with Crippen LogP contribution in [0, 0.1) is 0 Å². The monoisotopic (exact) mass is 490 g/mol. The normalized spacial score (nSPS) is 19.2. The van der Waals surface area contributed by atoms with E-state index in [9.17, 15) is 36.2 Å². The molecule has 186 valence electrons. The lowest BCUT2D eigenvalue weighted by Crippen LogP contribution is -2.42. The molecule has 1 aromatic heterocycles. The lowest BCUT2D eigenvalue weighted by molar-refractivity contribution is -0.175. The summed E-state index contributed by atoms with van der Waals surface area (Å²) in [5.41, 5.74) is 0.704. The molecule has 1 fully saturated rings. The molecular formula is C22H24F6N4O2. The van der Waals surface area contributed by atoms with Crippen LogP contribution in [0.25, 0.3) is 0 Å². The number of H-pyrrole nitrogens is 1. The van der Waals surface area contributed by atoms with Crippen molar-refractivity contribution >= 4 is 5.91 Å². The molecule has 1 saturated heterocycles. The largest absolute Gasteiger partial charge is 0.416 e. The Morgan fingerprint density at radius 1 is 1.12 bits per heavy atom. The minimum absolute atomic E-state index is 0.0560. The van der Waals surface area contributed by atoms with Crippen LogP contribution in [0.4, 0.5) is 26.3 Å². The molecule has 1 atom stereocenters. The number of nitrogens with zero attached hydrogens (tertiary/aromatic N) is 3. The number of hydrogen-bond donors (Lipinski definition) is 2. The van der Waals surface area contributed by atoms with Gasteiger partial charge in [0.25, 0.3) is 5.91 Å². The van der Waals surface area contributed by atoms with Gasteiger partial charge in [-0.05, 0) is 30.4 Å². The predicted octanol–water partition coefficient (Wildman–Crippen LogP) is 4.08. The average molecular weight is 490 g/mol. The van der Waals surface area contributed by atoms with E-state index in [1.54, 1.807) is 6.07 Å². The number of aliphatic hydroxyl groups excluding tert-OH is 1. The highest BCUT2D eigenvalue weighted by atomic mass is 19.4. The summed E-state index contributed by atoms with van der Waals surface area (Å²) in [5.74, 6) is -0.768. The number of benzene rings is 1. The number of alkyl halides is 6. The minimum atomic E-state index is -4.52. The molecule has 1 unspecified atom stereocenters. The first-order valence-corrected chi connectivity index (χ1v) is 10.9. The lowest BCUT2D eigenvalue weighted by atomic mass is 9.86. The number of amides is 1. The molecule has 4 rings (SSSR count). The summed E-state index contributed by atoms with van der Waals surface area (Å²) in [7, 11) is 0. The third-order valence-electron chi connectivity index (χ3n) is 6.49. The fraction of sp³-hybridized carbons (Fsp3) is 0.545. The summed E-state index contributed by atoms with van der Waals surface area (Å²) in [6, 6.07) is 5.44. The Balaban J connectivity index is 1.43. The van der Waals surface area contributed by atoms with Crippen LogP contribution in [0.2, 0.25) is 0 Å². The number of fused-ring (bicyclic) bond motifs is 1. The molecular weight excluding hydrogens is 466 g/mol. The van der Waals surface area contributed by atoms with Crippen molar-refractivity contribution in [3.05, 3.63) is 52.3 Å². The first kappa shape index (κ1) is 24.5. The van der Waals surface area contributed by atoms with Gasteiger partial charge in [-0.15, -0.1) is 0 Å². The van der Waals surface area contributed by atoms with E-state index in [0.717, 1.165) is 6.07 Å². The second-order valence-electron chi connectivity index (χ2n) is 8.70. The Labute approximate surface area is 191 Å². The number of likely N-dealkylation sites (tertiary alicyclic amines) is 1. The second-order valence-corrected chi connectivity index (χ2v) is 8.70. The molecule has 2 N–H and O–H groups in total. The molecule has 1 aromatic carbocycles. The van der Waals surface area contributed by atoms with Crippen LogP contribution in [0.5, 0.6) is 0 Å². The van der Waals surface area contributed by atoms with E-state index in [0.29, 0.717) is 30.5 Å². The fourth-order valence-corrected chi connectivity index (χ4v) is 4.74. The average Bonchev–Trinajstić information content (AvgIpc) is 3.20. The van der Waals surface area contributed by atoms with Gasteiger partial charge in [-0.1, -0.05) is 18.2 Å². The van der Waals surface area contributed by atoms with Gasteiger partial charge in [0, 0.05) is 43.9 Å². The minimum Gasteiger partial charge on any atom is -0.378 e. The van der Waals surface area contributed by atoms with Crippen molar-refractivity contribution in [2.24, 2.45) is 0 Å². The van der Waals surface area contributed by atoms with Gasteiger partial charge in [0.15, 0.2) is 5.69 Å². The Bertz CT molecular complexity index is 1030. The first-order valence-electron chi connectivity index (χ1n) is 10.9. The standard InChI is InChI=1S/C22H24F6N4O2/c23-21(24,25)11-18(33)32-10-7-17-15(12-32)19(30-29-17)20(34)31-8-5-13(6-9-31)14-3-1-2-4-16(14)22(26,27)28/h1-4,13,18,33H,5-12H2,(H,29,30). The number of aromatic amines is 1. The number of rotatable bonds is 4. The molecule has 2 aliphatic heterocycles. The summed E-state index contributed by atoms with van der Waals surface area (Å²) in [6.45, 7) is 0.596. The number of halogens is 6.